The van der Waals surface area contributed by atoms with Gasteiger partial charge in [0.1, 0.15) is 12.4 Å². The molecule has 0 unspecified atom stereocenters. The standard InChI is InChI=1S/C21H18ClN5O3/c1-29-18-7-5-14(10-17(18)22)11-25-27-19(28)8-6-15-12-24-21(26-20(15)27)30-13-16-4-2-3-9-23-16/h2-10,12,25H,11,13H2,1H3. The second-order valence-electron chi connectivity index (χ2n) is 6.35. The molecule has 0 aliphatic heterocycles. The molecule has 0 spiro atoms. The molecule has 3 heterocycles. The van der Waals surface area contributed by atoms with Crippen molar-refractivity contribution in [3.05, 3.63) is 87.6 Å². The summed E-state index contributed by atoms with van der Waals surface area (Å²) in [5, 5.41) is 1.19. The van der Waals surface area contributed by atoms with Crippen molar-refractivity contribution in [1.29, 1.82) is 0 Å². The monoisotopic (exact) mass is 423 g/mol. The van der Waals surface area contributed by atoms with Crippen LogP contribution in [-0.4, -0.2) is 26.7 Å². The molecular formula is C21H18ClN5O3. The van der Waals surface area contributed by atoms with Crippen LogP contribution < -0.4 is 20.5 Å². The van der Waals surface area contributed by atoms with E-state index in [0.29, 0.717) is 28.4 Å². The first-order chi connectivity index (χ1) is 14.6. The van der Waals surface area contributed by atoms with Gasteiger partial charge in [-0.15, -0.1) is 0 Å². The zero-order chi connectivity index (χ0) is 20.9. The number of hydrogen-bond donors (Lipinski definition) is 1. The SMILES string of the molecule is COc1ccc(CNn2c(=O)ccc3cnc(OCc4ccccn4)nc32)cc1Cl. The molecule has 0 aliphatic carbocycles. The van der Waals surface area contributed by atoms with Gasteiger partial charge in [-0.3, -0.25) is 9.78 Å². The summed E-state index contributed by atoms with van der Waals surface area (Å²) >= 11 is 6.18. The van der Waals surface area contributed by atoms with E-state index < -0.39 is 0 Å². The molecule has 30 heavy (non-hydrogen) atoms. The van der Waals surface area contributed by atoms with Crippen LogP contribution >= 0.6 is 11.6 Å². The molecule has 0 saturated carbocycles. The van der Waals surface area contributed by atoms with Gasteiger partial charge in [-0.25, -0.2) is 9.66 Å². The second-order valence-corrected chi connectivity index (χ2v) is 6.76. The Morgan fingerprint density at radius 2 is 2.03 bits per heavy atom. The second kappa shape index (κ2) is 8.79. The first-order valence-electron chi connectivity index (χ1n) is 9.12. The summed E-state index contributed by atoms with van der Waals surface area (Å²) in [6, 6.07) is 14.2. The van der Waals surface area contributed by atoms with E-state index in [1.807, 2.05) is 24.3 Å². The Morgan fingerprint density at radius 1 is 1.13 bits per heavy atom. The van der Waals surface area contributed by atoms with Crippen molar-refractivity contribution in [3.63, 3.8) is 0 Å². The van der Waals surface area contributed by atoms with E-state index in [1.165, 1.54) is 10.7 Å². The Balaban J connectivity index is 1.57. The third-order valence-corrected chi connectivity index (χ3v) is 4.64. The van der Waals surface area contributed by atoms with Crippen LogP contribution in [0.4, 0.5) is 0 Å². The van der Waals surface area contributed by atoms with Gasteiger partial charge in [0.2, 0.25) is 0 Å². The molecular weight excluding hydrogens is 406 g/mol. The number of nitrogens with one attached hydrogen (secondary N) is 1. The number of rotatable bonds is 7. The van der Waals surface area contributed by atoms with Gasteiger partial charge in [0, 0.05) is 23.8 Å². The highest BCUT2D eigenvalue weighted by Gasteiger charge is 2.09. The quantitative estimate of drug-likeness (QED) is 0.488. The van der Waals surface area contributed by atoms with Gasteiger partial charge >= 0.3 is 6.01 Å². The molecule has 0 aliphatic rings. The lowest BCUT2D eigenvalue weighted by atomic mass is 10.2. The van der Waals surface area contributed by atoms with Gasteiger partial charge < -0.3 is 14.9 Å². The zero-order valence-corrected chi connectivity index (χ0v) is 16.8. The summed E-state index contributed by atoms with van der Waals surface area (Å²) in [5.41, 5.74) is 4.87. The summed E-state index contributed by atoms with van der Waals surface area (Å²) in [6.07, 6.45) is 3.30. The Labute approximate surface area is 177 Å². The minimum Gasteiger partial charge on any atom is -0.495 e. The Morgan fingerprint density at radius 3 is 2.80 bits per heavy atom. The summed E-state index contributed by atoms with van der Waals surface area (Å²) in [4.78, 5) is 25.3. The van der Waals surface area contributed by atoms with Gasteiger partial charge in [0.05, 0.1) is 24.4 Å². The number of aromatic nitrogens is 4. The number of methoxy groups -OCH3 is 1. The first-order valence-corrected chi connectivity index (χ1v) is 9.49. The fourth-order valence-electron chi connectivity index (χ4n) is 2.84. The van der Waals surface area contributed by atoms with Crippen molar-refractivity contribution >= 4 is 22.6 Å². The summed E-state index contributed by atoms with van der Waals surface area (Å²) in [5.74, 6) is 0.588. The van der Waals surface area contributed by atoms with Crippen molar-refractivity contribution in [2.45, 2.75) is 13.2 Å². The van der Waals surface area contributed by atoms with E-state index in [4.69, 9.17) is 21.1 Å². The molecule has 0 atom stereocenters. The summed E-state index contributed by atoms with van der Waals surface area (Å²) in [7, 11) is 1.56. The zero-order valence-electron chi connectivity index (χ0n) is 16.1. The van der Waals surface area contributed by atoms with Crippen LogP contribution in [0, 0.1) is 0 Å². The number of nitrogens with zero attached hydrogens (tertiary/aromatic N) is 4. The topological polar surface area (TPSA) is 91.2 Å². The van der Waals surface area contributed by atoms with Crippen LogP contribution in [0.3, 0.4) is 0 Å². The van der Waals surface area contributed by atoms with E-state index in [1.54, 1.807) is 37.7 Å². The minimum absolute atomic E-state index is 0.154. The van der Waals surface area contributed by atoms with Crippen LogP contribution in [0.25, 0.3) is 11.0 Å². The molecule has 0 amide bonds. The highest BCUT2D eigenvalue weighted by molar-refractivity contribution is 6.32. The van der Waals surface area contributed by atoms with Crippen LogP contribution in [0.1, 0.15) is 11.3 Å². The normalized spacial score (nSPS) is 10.7. The largest absolute Gasteiger partial charge is 0.495 e. The maximum Gasteiger partial charge on any atom is 0.318 e. The molecule has 1 N–H and O–H groups in total. The smallest absolute Gasteiger partial charge is 0.318 e. The molecule has 8 nitrogen and oxygen atoms in total. The third-order valence-electron chi connectivity index (χ3n) is 4.34. The van der Waals surface area contributed by atoms with E-state index >= 15 is 0 Å². The minimum atomic E-state index is -0.253. The van der Waals surface area contributed by atoms with E-state index in [0.717, 1.165) is 11.3 Å². The predicted molar refractivity (Wildman–Crippen MR) is 113 cm³/mol. The lowest BCUT2D eigenvalue weighted by molar-refractivity contribution is 0.277. The highest BCUT2D eigenvalue weighted by atomic mass is 35.5. The van der Waals surface area contributed by atoms with Crippen LogP contribution in [-0.2, 0) is 13.2 Å². The van der Waals surface area contributed by atoms with Crippen LogP contribution in [0.2, 0.25) is 5.02 Å². The summed E-state index contributed by atoms with van der Waals surface area (Å²) < 4.78 is 12.2. The maximum atomic E-state index is 12.5. The van der Waals surface area contributed by atoms with Crippen LogP contribution in [0.5, 0.6) is 11.8 Å². The Hall–Kier alpha value is -3.65. The first kappa shape index (κ1) is 19.7. The molecule has 3 aromatic heterocycles. The summed E-state index contributed by atoms with van der Waals surface area (Å²) in [6.45, 7) is 0.581. The molecule has 4 aromatic rings. The number of fused-ring (bicyclic) bond motifs is 1. The maximum absolute atomic E-state index is 12.5. The molecule has 0 bridgehead atoms. The van der Waals surface area contributed by atoms with Crippen molar-refractivity contribution in [2.24, 2.45) is 0 Å². The van der Waals surface area contributed by atoms with E-state index in [2.05, 4.69) is 20.4 Å². The molecule has 0 fully saturated rings. The van der Waals surface area contributed by atoms with E-state index in [-0.39, 0.29) is 18.2 Å². The van der Waals surface area contributed by atoms with Crippen molar-refractivity contribution < 1.29 is 9.47 Å². The average Bonchev–Trinajstić information content (AvgIpc) is 2.77. The molecule has 4 rings (SSSR count). The van der Waals surface area contributed by atoms with E-state index in [9.17, 15) is 4.79 Å². The third kappa shape index (κ3) is 4.33. The number of pyridine rings is 2. The molecule has 0 saturated heterocycles. The fourth-order valence-corrected chi connectivity index (χ4v) is 3.12. The predicted octanol–water partition coefficient (Wildman–Crippen LogP) is 3.17. The molecule has 9 heteroatoms. The Kier molecular flexibility index (Phi) is 5.76. The average molecular weight is 424 g/mol. The van der Waals surface area contributed by atoms with Crippen molar-refractivity contribution in [1.82, 2.24) is 19.6 Å². The number of benzene rings is 1. The van der Waals surface area contributed by atoms with Crippen molar-refractivity contribution in [3.8, 4) is 11.8 Å². The number of hydrogen-bond acceptors (Lipinski definition) is 7. The van der Waals surface area contributed by atoms with Gasteiger partial charge in [0.25, 0.3) is 5.56 Å². The van der Waals surface area contributed by atoms with Gasteiger partial charge in [-0.2, -0.15) is 4.98 Å². The van der Waals surface area contributed by atoms with Gasteiger partial charge in [-0.05, 0) is 35.9 Å². The van der Waals surface area contributed by atoms with Crippen LogP contribution in [0.15, 0.2) is 65.7 Å². The van der Waals surface area contributed by atoms with Gasteiger partial charge in [-0.1, -0.05) is 23.7 Å². The fraction of sp³-hybridized carbons (Fsp3) is 0.143. The van der Waals surface area contributed by atoms with Gasteiger partial charge in [0.15, 0.2) is 5.65 Å². The lowest BCUT2D eigenvalue weighted by Crippen LogP contribution is -2.29. The number of ether oxygens (including phenoxy) is 2. The molecule has 152 valence electrons. The molecule has 0 radical (unpaired) electrons. The van der Waals surface area contributed by atoms with Crippen molar-refractivity contribution in [2.75, 3.05) is 12.5 Å². The lowest BCUT2D eigenvalue weighted by Gasteiger charge is -2.13. The molecule has 1 aromatic carbocycles. The Bertz CT molecular complexity index is 1230. The highest BCUT2D eigenvalue weighted by Crippen LogP contribution is 2.25. The number of halogens is 1.